The first-order valence-electron chi connectivity index (χ1n) is 11.7. The molecule has 0 radical (unpaired) electrons. The summed E-state index contributed by atoms with van der Waals surface area (Å²) in [4.78, 5) is 60.4. The van der Waals surface area contributed by atoms with Crippen molar-refractivity contribution in [3.63, 3.8) is 0 Å². The molecule has 0 aliphatic carbocycles. The number of nitrogens with one attached hydrogen (secondary N) is 3. The monoisotopic (exact) mass is 610 g/mol. The van der Waals surface area contributed by atoms with Crippen molar-refractivity contribution in [3.8, 4) is 0 Å². The van der Waals surface area contributed by atoms with Crippen LogP contribution in [0.25, 0.3) is 0 Å². The van der Waals surface area contributed by atoms with Gasteiger partial charge in [-0.15, -0.1) is 0 Å². The third kappa shape index (κ3) is 10.9. The normalized spacial score (nSPS) is 12.1. The van der Waals surface area contributed by atoms with Crippen LogP contribution in [0.2, 0.25) is 0 Å². The van der Waals surface area contributed by atoms with E-state index >= 15 is 0 Å². The van der Waals surface area contributed by atoms with Crippen molar-refractivity contribution < 1.29 is 33.8 Å². The minimum atomic E-state index is -1.22. The zero-order valence-electron chi connectivity index (χ0n) is 20.7. The van der Waals surface area contributed by atoms with Gasteiger partial charge in [0.1, 0.15) is 0 Å². The van der Waals surface area contributed by atoms with Crippen molar-refractivity contribution >= 4 is 63.8 Å². The molecule has 6 N–H and O–H groups in total. The minimum absolute atomic E-state index is 0.0229. The van der Waals surface area contributed by atoms with Gasteiger partial charge in [-0.25, -0.2) is 0 Å². The fraction of sp³-hybridized carbons (Fsp3) is 0.320. The van der Waals surface area contributed by atoms with Gasteiger partial charge in [-0.3, -0.25) is 0 Å². The van der Waals surface area contributed by atoms with E-state index in [1.807, 2.05) is 30.3 Å². The zero-order chi connectivity index (χ0) is 27.9. The third-order valence-corrected chi connectivity index (χ3v) is 9.13. The van der Waals surface area contributed by atoms with E-state index in [1.165, 1.54) is 10.2 Å². The van der Waals surface area contributed by atoms with Crippen LogP contribution in [0.1, 0.15) is 30.1 Å². The number of aliphatic carboxylic acids is 1. The number of anilines is 1. The Hall–Kier alpha value is -3.38. The molecule has 2 rings (SSSR count). The number of rotatable bonds is 15. The molecule has 3 amide bonds. The Labute approximate surface area is 229 Å². The summed E-state index contributed by atoms with van der Waals surface area (Å²) in [5.41, 5.74) is 6.88. The number of hydrogen-bond acceptors (Lipinski definition) is 8. The first kappa shape index (κ1) is 30.8. The molecule has 38 heavy (non-hydrogen) atoms. The molecule has 0 spiro atoms. The molecule has 0 bridgehead atoms. The predicted octanol–water partition coefficient (Wildman–Crippen LogP) is 0.273. The second kappa shape index (κ2) is 16.5. The zero-order valence-corrected chi connectivity index (χ0v) is 23.2. The number of ether oxygens (including phenoxy) is 1. The molecule has 11 nitrogen and oxygen atoms in total. The molecular formula is C25H30N4O7SSe. The van der Waals surface area contributed by atoms with Crippen LogP contribution in [0.3, 0.4) is 0 Å². The quantitative estimate of drug-likeness (QED) is 0.140. The van der Waals surface area contributed by atoms with Crippen LogP contribution in [0, 0.1) is 0 Å². The van der Waals surface area contributed by atoms with Gasteiger partial charge >= 0.3 is 230 Å². The number of carboxylic acid groups (broad SMARTS) is 1. The van der Waals surface area contributed by atoms with Crippen LogP contribution in [0.4, 0.5) is 5.69 Å². The number of hydrogen-bond donors (Lipinski definition) is 5. The summed E-state index contributed by atoms with van der Waals surface area (Å²) in [5, 5.41) is 16.6. The van der Waals surface area contributed by atoms with E-state index in [0.717, 1.165) is 4.46 Å². The Morgan fingerprint density at radius 3 is 2.42 bits per heavy atom. The summed E-state index contributed by atoms with van der Waals surface area (Å²) < 4.78 is 5.61. The topological polar surface area (TPSA) is 177 Å². The van der Waals surface area contributed by atoms with Gasteiger partial charge in [0.15, 0.2) is 0 Å². The van der Waals surface area contributed by atoms with E-state index in [9.17, 15) is 24.0 Å². The van der Waals surface area contributed by atoms with Crippen molar-refractivity contribution in [1.82, 2.24) is 10.6 Å². The maximum absolute atomic E-state index is 12.8. The van der Waals surface area contributed by atoms with Gasteiger partial charge < -0.3 is 0 Å². The van der Waals surface area contributed by atoms with Gasteiger partial charge in [0.05, 0.1) is 0 Å². The number of carbonyl (C=O) groups is 5. The summed E-state index contributed by atoms with van der Waals surface area (Å²) in [7, 11) is 1.35. The van der Waals surface area contributed by atoms with Crippen molar-refractivity contribution in [3.05, 3.63) is 60.2 Å². The Kier molecular flexibility index (Phi) is 13.4. The molecule has 2 aromatic carbocycles. The van der Waals surface area contributed by atoms with Crippen LogP contribution in [0.5, 0.6) is 0 Å². The first-order valence-corrected chi connectivity index (χ1v) is 15.5. The predicted molar refractivity (Wildman–Crippen MR) is 145 cm³/mol. The van der Waals surface area contributed by atoms with Crippen LogP contribution in [-0.4, -0.2) is 79.6 Å². The molecule has 0 saturated carbocycles. The molecule has 2 aromatic rings. The number of amides is 3. The van der Waals surface area contributed by atoms with Gasteiger partial charge in [0.2, 0.25) is 0 Å². The van der Waals surface area contributed by atoms with E-state index < -0.39 is 42.4 Å². The standard InChI is InChI=1S/C25H30N4O7SSe/c1-2-36-25(35)18(26)12-13-21(30)29-19(24(34)27-14-22(31)32)15-37-38-20-11-7-6-10-17(20)23(33)28-16-8-4-3-5-9-16/h3-11,18-19H,2,12-15,26H2,1H3,(H,27,34)(H,28,33)(H,29,30)(H,31,32)/t18-,19?/m0/s1. The van der Waals surface area contributed by atoms with Crippen molar-refractivity contribution in [1.29, 1.82) is 0 Å². The van der Waals surface area contributed by atoms with Gasteiger partial charge in [0, 0.05) is 0 Å². The average molecular weight is 610 g/mol. The van der Waals surface area contributed by atoms with Crippen molar-refractivity contribution in [2.45, 2.75) is 31.8 Å². The maximum atomic E-state index is 12.8. The Balaban J connectivity index is 2.00. The van der Waals surface area contributed by atoms with Crippen LogP contribution in [0.15, 0.2) is 54.6 Å². The average Bonchev–Trinajstić information content (AvgIpc) is 2.90. The molecule has 0 aromatic heterocycles. The fourth-order valence-corrected chi connectivity index (χ4v) is 7.21. The van der Waals surface area contributed by atoms with E-state index in [-0.39, 0.29) is 44.9 Å². The molecule has 0 heterocycles. The van der Waals surface area contributed by atoms with Crippen molar-refractivity contribution in [2.24, 2.45) is 5.73 Å². The molecule has 1 unspecified atom stereocenters. The second-order valence-corrected chi connectivity index (χ2v) is 12.0. The summed E-state index contributed by atoms with van der Waals surface area (Å²) in [6, 6.07) is 14.1. The molecule has 0 aliphatic heterocycles. The molecule has 13 heteroatoms. The second-order valence-electron chi connectivity index (χ2n) is 7.81. The number of benzene rings is 2. The number of esters is 1. The number of para-hydroxylation sites is 1. The van der Waals surface area contributed by atoms with Crippen molar-refractivity contribution in [2.75, 3.05) is 24.2 Å². The fourth-order valence-electron chi connectivity index (χ4n) is 3.00. The van der Waals surface area contributed by atoms with E-state index in [2.05, 4.69) is 16.0 Å². The molecule has 2 atom stereocenters. The number of carbonyl (C=O) groups excluding carboxylic acids is 4. The third-order valence-electron chi connectivity index (χ3n) is 4.88. The SMILES string of the molecule is CCOC(=O)[C@@H](N)CCC(=O)NC(CS[Se]c1ccccc1C(=O)Nc1ccccc1)C(=O)NCC(=O)O. The Bertz CT molecular complexity index is 1120. The van der Waals surface area contributed by atoms with Gasteiger partial charge in [0.25, 0.3) is 0 Å². The Morgan fingerprint density at radius 1 is 1.05 bits per heavy atom. The molecule has 0 saturated heterocycles. The van der Waals surface area contributed by atoms with E-state index in [0.29, 0.717) is 11.3 Å². The Morgan fingerprint density at radius 2 is 1.74 bits per heavy atom. The van der Waals surface area contributed by atoms with E-state index in [1.54, 1.807) is 31.2 Å². The molecule has 0 aliphatic rings. The summed E-state index contributed by atoms with van der Waals surface area (Å²) in [6.45, 7) is 1.21. The summed E-state index contributed by atoms with van der Waals surface area (Å²) in [6.07, 6.45) is -0.101. The van der Waals surface area contributed by atoms with Gasteiger partial charge in [-0.2, -0.15) is 0 Å². The van der Waals surface area contributed by atoms with Crippen LogP contribution >= 0.6 is 10.2 Å². The molecular weight excluding hydrogens is 579 g/mol. The number of nitrogens with two attached hydrogens (primary N) is 1. The molecule has 204 valence electrons. The van der Waals surface area contributed by atoms with Gasteiger partial charge in [-0.05, 0) is 0 Å². The van der Waals surface area contributed by atoms with Crippen LogP contribution < -0.4 is 26.1 Å². The van der Waals surface area contributed by atoms with E-state index in [4.69, 9.17) is 15.6 Å². The number of carboxylic acids is 1. The summed E-state index contributed by atoms with van der Waals surface area (Å²) in [5.74, 6) is -3.15. The molecule has 0 fully saturated rings. The first-order chi connectivity index (χ1) is 18.2. The van der Waals surface area contributed by atoms with Crippen LogP contribution in [-0.2, 0) is 23.9 Å². The summed E-state index contributed by atoms with van der Waals surface area (Å²) >= 11 is -0.313. The van der Waals surface area contributed by atoms with Gasteiger partial charge in [-0.1, -0.05) is 0 Å².